The summed E-state index contributed by atoms with van der Waals surface area (Å²) < 4.78 is 12.8. The van der Waals surface area contributed by atoms with Crippen molar-refractivity contribution < 1.29 is 9.47 Å². The second-order valence-electron chi connectivity index (χ2n) is 6.35. The molecule has 2 aliphatic rings. The summed E-state index contributed by atoms with van der Waals surface area (Å²) in [4.78, 5) is 0. The van der Waals surface area contributed by atoms with Crippen molar-refractivity contribution in [1.29, 1.82) is 0 Å². The van der Waals surface area contributed by atoms with E-state index in [1.165, 1.54) is 37.7 Å². The van der Waals surface area contributed by atoms with Gasteiger partial charge in [-0.25, -0.2) is 0 Å². The van der Waals surface area contributed by atoms with Gasteiger partial charge in [0, 0.05) is 12.0 Å². The van der Waals surface area contributed by atoms with E-state index >= 15 is 0 Å². The topological polar surface area (TPSA) is 44.5 Å². The van der Waals surface area contributed by atoms with Crippen LogP contribution in [0, 0.1) is 0 Å². The van der Waals surface area contributed by atoms with Crippen molar-refractivity contribution in [2.45, 2.75) is 56.5 Å². The first-order valence-corrected chi connectivity index (χ1v) is 8.72. The number of rotatable bonds is 5. The summed E-state index contributed by atoms with van der Waals surface area (Å²) in [5.41, 5.74) is 7.44. The van der Waals surface area contributed by atoms with Gasteiger partial charge in [0.2, 0.25) is 0 Å². The summed E-state index contributed by atoms with van der Waals surface area (Å²) in [6.07, 6.45) is 8.74. The molecule has 0 spiro atoms. The lowest BCUT2D eigenvalue weighted by atomic mass is 9.64. The number of benzene rings is 1. The van der Waals surface area contributed by atoms with Gasteiger partial charge in [-0.3, -0.25) is 0 Å². The number of hydrogen-bond acceptors (Lipinski definition) is 3. The molecule has 0 aromatic heterocycles. The van der Waals surface area contributed by atoms with Gasteiger partial charge in [-0.05, 0) is 72.2 Å². The first-order valence-electron chi connectivity index (χ1n) is 7.93. The Labute approximate surface area is 135 Å². The van der Waals surface area contributed by atoms with Gasteiger partial charge in [0.25, 0.3) is 0 Å². The van der Waals surface area contributed by atoms with Crippen molar-refractivity contribution >= 4 is 15.9 Å². The van der Waals surface area contributed by atoms with Crippen molar-refractivity contribution in [3.05, 3.63) is 22.2 Å². The Morgan fingerprint density at radius 2 is 1.95 bits per heavy atom. The summed E-state index contributed by atoms with van der Waals surface area (Å²) in [6, 6.07) is 4.31. The first kappa shape index (κ1) is 15.2. The molecule has 2 aliphatic carbocycles. The maximum atomic E-state index is 6.18. The van der Waals surface area contributed by atoms with E-state index in [1.54, 1.807) is 7.11 Å². The Kier molecular flexibility index (Phi) is 4.46. The quantitative estimate of drug-likeness (QED) is 0.864. The van der Waals surface area contributed by atoms with Crippen LogP contribution in [0.1, 0.15) is 50.5 Å². The van der Waals surface area contributed by atoms with Crippen LogP contribution in [0.5, 0.6) is 11.5 Å². The number of hydrogen-bond donors (Lipinski definition) is 1. The molecule has 0 unspecified atom stereocenters. The predicted octanol–water partition coefficient (Wildman–Crippen LogP) is 4.16. The zero-order valence-electron chi connectivity index (χ0n) is 12.7. The van der Waals surface area contributed by atoms with Gasteiger partial charge in [-0.1, -0.05) is 6.42 Å². The molecule has 2 N–H and O–H groups in total. The Hall–Kier alpha value is -0.740. The van der Waals surface area contributed by atoms with E-state index in [0.717, 1.165) is 28.8 Å². The molecule has 0 bridgehead atoms. The normalized spacial score (nSPS) is 21.1. The highest BCUT2D eigenvalue weighted by Gasteiger charge is 2.38. The van der Waals surface area contributed by atoms with E-state index in [1.807, 2.05) is 0 Å². The van der Waals surface area contributed by atoms with Crippen LogP contribution in [0.15, 0.2) is 16.6 Å². The minimum atomic E-state index is 0.141. The summed E-state index contributed by atoms with van der Waals surface area (Å²) in [5.74, 6) is 1.67. The minimum Gasteiger partial charge on any atom is -0.493 e. The van der Waals surface area contributed by atoms with Crippen LogP contribution < -0.4 is 15.2 Å². The number of halogens is 1. The zero-order valence-corrected chi connectivity index (χ0v) is 14.2. The third-order valence-electron chi connectivity index (χ3n) is 5.13. The first-order chi connectivity index (χ1) is 10.2. The fourth-order valence-electron chi connectivity index (χ4n) is 3.53. The molecule has 3 rings (SSSR count). The maximum absolute atomic E-state index is 6.18. The van der Waals surface area contributed by atoms with E-state index < -0.39 is 0 Å². The van der Waals surface area contributed by atoms with Gasteiger partial charge in [0.15, 0.2) is 11.5 Å². The van der Waals surface area contributed by atoms with Crippen molar-refractivity contribution in [2.24, 2.45) is 5.73 Å². The van der Waals surface area contributed by atoms with E-state index in [-0.39, 0.29) is 5.41 Å². The second kappa shape index (κ2) is 6.17. The molecule has 0 amide bonds. The van der Waals surface area contributed by atoms with Crippen LogP contribution in [0.2, 0.25) is 0 Å². The fourth-order valence-corrected chi connectivity index (χ4v) is 4.06. The van der Waals surface area contributed by atoms with Crippen LogP contribution >= 0.6 is 15.9 Å². The maximum Gasteiger partial charge on any atom is 0.175 e. The zero-order chi connectivity index (χ0) is 14.9. The highest BCUT2D eigenvalue weighted by molar-refractivity contribution is 9.10. The van der Waals surface area contributed by atoms with Crippen LogP contribution in [-0.4, -0.2) is 19.8 Å². The summed E-state index contributed by atoms with van der Waals surface area (Å²) in [6.45, 7) is 0.700. The van der Waals surface area contributed by atoms with Crippen LogP contribution in [0.3, 0.4) is 0 Å². The van der Waals surface area contributed by atoms with Crippen molar-refractivity contribution in [1.82, 2.24) is 0 Å². The smallest absolute Gasteiger partial charge is 0.175 e. The van der Waals surface area contributed by atoms with Gasteiger partial charge >= 0.3 is 0 Å². The molecule has 4 heteroatoms. The Bertz CT molecular complexity index is 502. The number of methoxy groups -OCH3 is 1. The lowest BCUT2D eigenvalue weighted by molar-refractivity contribution is 0.198. The number of nitrogens with two attached hydrogens (primary N) is 1. The van der Waals surface area contributed by atoms with E-state index in [4.69, 9.17) is 15.2 Å². The molecule has 2 saturated carbocycles. The molecule has 0 atom stereocenters. The SMILES string of the molecule is COc1cc(C2(CN)CCC2)cc(Br)c1OC1CCCC1. The standard InChI is InChI=1S/C17H24BrNO2/c1-20-15-10-12(17(11-19)7-4-8-17)9-14(18)16(15)21-13-5-2-3-6-13/h9-10,13H,2-8,11,19H2,1H3. The van der Waals surface area contributed by atoms with Crippen molar-refractivity contribution in [2.75, 3.05) is 13.7 Å². The summed E-state index contributed by atoms with van der Waals surface area (Å²) in [5, 5.41) is 0. The summed E-state index contributed by atoms with van der Waals surface area (Å²) in [7, 11) is 1.71. The monoisotopic (exact) mass is 353 g/mol. The molecular weight excluding hydrogens is 330 g/mol. The second-order valence-corrected chi connectivity index (χ2v) is 7.21. The van der Waals surface area contributed by atoms with Crippen LogP contribution in [-0.2, 0) is 5.41 Å². The highest BCUT2D eigenvalue weighted by Crippen LogP contribution is 2.48. The van der Waals surface area contributed by atoms with E-state index in [2.05, 4.69) is 28.1 Å². The third kappa shape index (κ3) is 2.80. The largest absolute Gasteiger partial charge is 0.493 e. The lowest BCUT2D eigenvalue weighted by Crippen LogP contribution is -2.41. The molecule has 1 aromatic rings. The number of ether oxygens (including phenoxy) is 2. The fraction of sp³-hybridized carbons (Fsp3) is 0.647. The Morgan fingerprint density at radius 3 is 2.48 bits per heavy atom. The average Bonchev–Trinajstić information content (AvgIpc) is 2.93. The molecule has 21 heavy (non-hydrogen) atoms. The Balaban J connectivity index is 1.90. The van der Waals surface area contributed by atoms with Crippen LogP contribution in [0.25, 0.3) is 0 Å². The molecule has 116 valence electrons. The van der Waals surface area contributed by atoms with Crippen molar-refractivity contribution in [3.8, 4) is 11.5 Å². The molecule has 2 fully saturated rings. The Morgan fingerprint density at radius 1 is 1.24 bits per heavy atom. The molecule has 0 heterocycles. The lowest BCUT2D eigenvalue weighted by Gasteiger charge is -2.42. The molecule has 0 saturated heterocycles. The third-order valence-corrected chi connectivity index (χ3v) is 5.72. The predicted molar refractivity (Wildman–Crippen MR) is 88.2 cm³/mol. The molecule has 0 aliphatic heterocycles. The van der Waals surface area contributed by atoms with Gasteiger partial charge in [-0.15, -0.1) is 0 Å². The van der Waals surface area contributed by atoms with E-state index in [0.29, 0.717) is 12.6 Å². The van der Waals surface area contributed by atoms with E-state index in [9.17, 15) is 0 Å². The molecular formula is C17H24BrNO2. The minimum absolute atomic E-state index is 0.141. The highest BCUT2D eigenvalue weighted by atomic mass is 79.9. The van der Waals surface area contributed by atoms with Gasteiger partial charge < -0.3 is 15.2 Å². The van der Waals surface area contributed by atoms with Crippen LogP contribution in [0.4, 0.5) is 0 Å². The van der Waals surface area contributed by atoms with Gasteiger partial charge in [-0.2, -0.15) is 0 Å². The van der Waals surface area contributed by atoms with Crippen molar-refractivity contribution in [3.63, 3.8) is 0 Å². The van der Waals surface area contributed by atoms with Gasteiger partial charge in [0.05, 0.1) is 17.7 Å². The van der Waals surface area contributed by atoms with Gasteiger partial charge in [0.1, 0.15) is 0 Å². The molecule has 1 aromatic carbocycles. The molecule has 3 nitrogen and oxygen atoms in total. The average molecular weight is 354 g/mol. The summed E-state index contributed by atoms with van der Waals surface area (Å²) >= 11 is 3.68. The molecule has 0 radical (unpaired) electrons.